The number of benzene rings is 1. The summed E-state index contributed by atoms with van der Waals surface area (Å²) >= 11 is 11.3. The topological polar surface area (TPSA) is 59.2 Å². The Morgan fingerprint density at radius 3 is 2.59 bits per heavy atom. The molecular weight excluding hydrogens is 263 g/mol. The van der Waals surface area contributed by atoms with Gasteiger partial charge in [0.2, 0.25) is 5.89 Å². The molecule has 2 aromatic rings. The second-order valence-electron chi connectivity index (χ2n) is 3.51. The monoisotopic (exact) mass is 272 g/mol. The fourth-order valence-electron chi connectivity index (χ4n) is 1.40. The molecule has 6 heteroatoms. The molecule has 1 N–H and O–H groups in total. The van der Waals surface area contributed by atoms with Gasteiger partial charge in [-0.1, -0.05) is 28.9 Å². The summed E-state index contributed by atoms with van der Waals surface area (Å²) in [5.41, 5.74) is 0.756. The molecule has 0 amide bonds. The second kappa shape index (κ2) is 5.49. The Morgan fingerprint density at radius 2 is 2.00 bits per heavy atom. The molecule has 0 aliphatic heterocycles. The van der Waals surface area contributed by atoms with Gasteiger partial charge in [0.25, 0.3) is 0 Å². The fraction of sp³-hybridized carbons (Fsp3) is 0.273. The summed E-state index contributed by atoms with van der Waals surface area (Å²) in [6, 6.07) is 6.96. The van der Waals surface area contributed by atoms with Gasteiger partial charge < -0.3 is 9.63 Å². The first-order valence-corrected chi connectivity index (χ1v) is 5.91. The van der Waals surface area contributed by atoms with Crippen molar-refractivity contribution in [3.63, 3.8) is 0 Å². The standard InChI is InChI=1S/C11H10Cl2N2O2/c12-6-11-14-10(15-17-11)5-9(16)7-1-3-8(13)4-2-7/h1-4,9,16H,5-6H2. The molecule has 1 atom stereocenters. The number of hydrogen-bond acceptors (Lipinski definition) is 4. The largest absolute Gasteiger partial charge is 0.388 e. The van der Waals surface area contributed by atoms with Gasteiger partial charge in [0.1, 0.15) is 5.88 Å². The summed E-state index contributed by atoms with van der Waals surface area (Å²) in [5, 5.41) is 14.3. The van der Waals surface area contributed by atoms with Crippen LogP contribution in [0.2, 0.25) is 5.02 Å². The molecular formula is C11H10Cl2N2O2. The molecule has 0 saturated heterocycles. The van der Waals surface area contributed by atoms with E-state index < -0.39 is 6.10 Å². The number of aliphatic hydroxyl groups is 1. The van der Waals surface area contributed by atoms with Crippen LogP contribution in [0.3, 0.4) is 0 Å². The first kappa shape index (κ1) is 12.4. The van der Waals surface area contributed by atoms with Gasteiger partial charge in [0.15, 0.2) is 5.82 Å². The van der Waals surface area contributed by atoms with E-state index in [1.165, 1.54) is 0 Å². The summed E-state index contributed by atoms with van der Waals surface area (Å²) in [6.07, 6.45) is -0.407. The number of aliphatic hydroxyl groups excluding tert-OH is 1. The van der Waals surface area contributed by atoms with E-state index in [0.717, 1.165) is 5.56 Å². The van der Waals surface area contributed by atoms with Crippen molar-refractivity contribution in [2.75, 3.05) is 0 Å². The molecule has 90 valence electrons. The minimum Gasteiger partial charge on any atom is -0.388 e. The van der Waals surface area contributed by atoms with E-state index in [-0.39, 0.29) is 12.3 Å². The molecule has 1 aromatic heterocycles. The van der Waals surface area contributed by atoms with Crippen molar-refractivity contribution in [3.8, 4) is 0 Å². The van der Waals surface area contributed by atoms with E-state index >= 15 is 0 Å². The van der Waals surface area contributed by atoms with Gasteiger partial charge in [0.05, 0.1) is 6.10 Å². The van der Waals surface area contributed by atoms with Crippen LogP contribution in [0.4, 0.5) is 0 Å². The minimum absolute atomic E-state index is 0.171. The van der Waals surface area contributed by atoms with Gasteiger partial charge in [-0.15, -0.1) is 11.6 Å². The second-order valence-corrected chi connectivity index (χ2v) is 4.21. The zero-order valence-corrected chi connectivity index (χ0v) is 10.3. The lowest BCUT2D eigenvalue weighted by atomic mass is 10.1. The summed E-state index contributed by atoms with van der Waals surface area (Å²) in [6.45, 7) is 0. The summed E-state index contributed by atoms with van der Waals surface area (Å²) in [5.74, 6) is 0.956. The van der Waals surface area contributed by atoms with E-state index in [1.807, 2.05) is 0 Å². The van der Waals surface area contributed by atoms with Crippen molar-refractivity contribution >= 4 is 23.2 Å². The minimum atomic E-state index is -0.687. The molecule has 1 heterocycles. The Balaban J connectivity index is 2.05. The third-order valence-corrected chi connectivity index (χ3v) is 2.74. The van der Waals surface area contributed by atoms with Crippen molar-refractivity contribution in [2.45, 2.75) is 18.4 Å². The lowest BCUT2D eigenvalue weighted by Crippen LogP contribution is -2.03. The number of rotatable bonds is 4. The third kappa shape index (κ3) is 3.19. The average Bonchev–Trinajstić information content (AvgIpc) is 2.77. The predicted molar refractivity (Wildman–Crippen MR) is 64.0 cm³/mol. The molecule has 0 bridgehead atoms. The van der Waals surface area contributed by atoms with E-state index in [4.69, 9.17) is 27.7 Å². The lowest BCUT2D eigenvalue weighted by Gasteiger charge is -2.07. The van der Waals surface area contributed by atoms with Crippen LogP contribution in [-0.2, 0) is 12.3 Å². The number of hydrogen-bond donors (Lipinski definition) is 1. The first-order chi connectivity index (χ1) is 8.19. The smallest absolute Gasteiger partial charge is 0.241 e. The van der Waals surface area contributed by atoms with E-state index in [0.29, 0.717) is 16.7 Å². The molecule has 0 aliphatic carbocycles. The molecule has 1 aromatic carbocycles. The highest BCUT2D eigenvalue weighted by atomic mass is 35.5. The van der Waals surface area contributed by atoms with Crippen LogP contribution < -0.4 is 0 Å². The van der Waals surface area contributed by atoms with Gasteiger partial charge in [0, 0.05) is 11.4 Å². The van der Waals surface area contributed by atoms with Crippen molar-refractivity contribution in [3.05, 3.63) is 46.6 Å². The highest BCUT2D eigenvalue weighted by Crippen LogP contribution is 2.19. The number of nitrogens with zero attached hydrogens (tertiary/aromatic N) is 2. The summed E-state index contributed by atoms with van der Waals surface area (Å²) < 4.78 is 4.84. The van der Waals surface area contributed by atoms with Crippen LogP contribution in [0.1, 0.15) is 23.4 Å². The highest BCUT2D eigenvalue weighted by molar-refractivity contribution is 6.30. The Labute approximate surface area is 108 Å². The van der Waals surface area contributed by atoms with Crippen LogP contribution in [0, 0.1) is 0 Å². The maximum absolute atomic E-state index is 9.95. The summed E-state index contributed by atoms with van der Waals surface area (Å²) in [7, 11) is 0. The molecule has 0 radical (unpaired) electrons. The van der Waals surface area contributed by atoms with Crippen molar-refractivity contribution in [1.29, 1.82) is 0 Å². The Bertz CT molecular complexity index is 484. The Kier molecular flexibility index (Phi) is 3.99. The Hall–Kier alpha value is -1.10. The SMILES string of the molecule is OC(Cc1noc(CCl)n1)c1ccc(Cl)cc1. The van der Waals surface area contributed by atoms with Crippen LogP contribution in [-0.4, -0.2) is 15.2 Å². The molecule has 0 aliphatic rings. The first-order valence-electron chi connectivity index (χ1n) is 5.00. The molecule has 1 unspecified atom stereocenters. The molecule has 2 rings (SSSR count). The van der Waals surface area contributed by atoms with Crippen LogP contribution >= 0.6 is 23.2 Å². The van der Waals surface area contributed by atoms with Crippen LogP contribution in [0.25, 0.3) is 0 Å². The quantitative estimate of drug-likeness (QED) is 0.870. The van der Waals surface area contributed by atoms with Crippen LogP contribution in [0.15, 0.2) is 28.8 Å². The molecule has 0 fully saturated rings. The van der Waals surface area contributed by atoms with Crippen molar-refractivity contribution < 1.29 is 9.63 Å². The molecule has 17 heavy (non-hydrogen) atoms. The van der Waals surface area contributed by atoms with Gasteiger partial charge in [-0.05, 0) is 17.7 Å². The maximum atomic E-state index is 9.95. The van der Waals surface area contributed by atoms with Crippen LogP contribution in [0.5, 0.6) is 0 Å². The van der Waals surface area contributed by atoms with E-state index in [2.05, 4.69) is 10.1 Å². The number of halogens is 2. The van der Waals surface area contributed by atoms with Gasteiger partial charge >= 0.3 is 0 Å². The zero-order valence-electron chi connectivity index (χ0n) is 8.81. The predicted octanol–water partition coefficient (Wildman–Crippen LogP) is 2.74. The average molecular weight is 273 g/mol. The zero-order chi connectivity index (χ0) is 12.3. The Morgan fingerprint density at radius 1 is 1.29 bits per heavy atom. The highest BCUT2D eigenvalue weighted by Gasteiger charge is 2.13. The normalized spacial score (nSPS) is 12.6. The van der Waals surface area contributed by atoms with E-state index in [1.54, 1.807) is 24.3 Å². The molecule has 0 spiro atoms. The number of aromatic nitrogens is 2. The summed E-state index contributed by atoms with van der Waals surface area (Å²) in [4.78, 5) is 4.02. The fourth-order valence-corrected chi connectivity index (χ4v) is 1.64. The van der Waals surface area contributed by atoms with Gasteiger partial charge in [-0.25, -0.2) is 0 Å². The van der Waals surface area contributed by atoms with Gasteiger partial charge in [-0.2, -0.15) is 4.98 Å². The van der Waals surface area contributed by atoms with Crippen molar-refractivity contribution in [2.24, 2.45) is 0 Å². The van der Waals surface area contributed by atoms with Gasteiger partial charge in [-0.3, -0.25) is 0 Å². The lowest BCUT2D eigenvalue weighted by molar-refractivity contribution is 0.174. The molecule has 0 saturated carbocycles. The number of alkyl halides is 1. The molecule has 4 nitrogen and oxygen atoms in total. The van der Waals surface area contributed by atoms with Crippen molar-refractivity contribution in [1.82, 2.24) is 10.1 Å². The van der Waals surface area contributed by atoms with E-state index in [9.17, 15) is 5.11 Å². The maximum Gasteiger partial charge on any atom is 0.241 e. The third-order valence-electron chi connectivity index (χ3n) is 2.26.